The van der Waals surface area contributed by atoms with Crippen LogP contribution in [0.25, 0.3) is 33.9 Å². The van der Waals surface area contributed by atoms with Gasteiger partial charge in [-0.15, -0.1) is 0 Å². The predicted octanol–water partition coefficient (Wildman–Crippen LogP) is 3.37. The molecule has 1 aliphatic heterocycles. The predicted molar refractivity (Wildman–Crippen MR) is 115 cm³/mol. The van der Waals surface area contributed by atoms with Crippen LogP contribution in [0.5, 0.6) is 0 Å². The van der Waals surface area contributed by atoms with Crippen molar-refractivity contribution in [3.8, 4) is 33.9 Å². The number of rotatable bonds is 5. The van der Waals surface area contributed by atoms with Gasteiger partial charge < -0.3 is 21.0 Å². The summed E-state index contributed by atoms with van der Waals surface area (Å²) < 4.78 is 0. The van der Waals surface area contributed by atoms with Crippen molar-refractivity contribution in [3.63, 3.8) is 0 Å². The van der Waals surface area contributed by atoms with E-state index in [9.17, 15) is 0 Å². The molecule has 0 radical (unpaired) electrons. The van der Waals surface area contributed by atoms with E-state index >= 15 is 0 Å². The zero-order valence-corrected chi connectivity index (χ0v) is 16.8. The molecule has 8 heteroatoms. The fourth-order valence-corrected chi connectivity index (χ4v) is 3.71. The Hall–Kier alpha value is -3.36. The fourth-order valence-electron chi connectivity index (χ4n) is 3.71. The van der Waals surface area contributed by atoms with Crippen LogP contribution in [0, 0.1) is 0 Å². The summed E-state index contributed by atoms with van der Waals surface area (Å²) in [4.78, 5) is 24.5. The maximum absolute atomic E-state index is 5.86. The zero-order valence-electron chi connectivity index (χ0n) is 16.8. The molecule has 5 N–H and O–H groups in total. The molecule has 4 aromatic rings. The quantitative estimate of drug-likeness (QED) is 0.407. The Morgan fingerprint density at radius 3 is 2.23 bits per heavy atom. The molecule has 3 aromatic heterocycles. The van der Waals surface area contributed by atoms with Crippen LogP contribution in [0.2, 0.25) is 0 Å². The number of nitrogens with one attached hydrogen (secondary N) is 3. The highest BCUT2D eigenvalue weighted by molar-refractivity contribution is 5.66. The van der Waals surface area contributed by atoms with Gasteiger partial charge in [0.15, 0.2) is 5.82 Å². The highest BCUT2D eigenvalue weighted by atomic mass is 15.0. The first-order chi connectivity index (χ1) is 14.7. The summed E-state index contributed by atoms with van der Waals surface area (Å²) in [6.07, 6.45) is 9.57. The average Bonchev–Trinajstić information content (AvgIpc) is 3.55. The number of aromatic amines is 2. The molecule has 5 rings (SSSR count). The molecule has 152 valence electrons. The summed E-state index contributed by atoms with van der Waals surface area (Å²) in [5, 5.41) is 3.47. The van der Waals surface area contributed by atoms with Crippen molar-refractivity contribution < 1.29 is 0 Å². The second-order valence-electron chi connectivity index (χ2n) is 7.67. The number of benzene rings is 1. The lowest BCUT2D eigenvalue weighted by molar-refractivity contribution is 0.613. The minimum absolute atomic E-state index is 0.141. The standard InChI is InChI=1S/C22H24N8/c1-13(23)20-27-12-19(29-20)16-9-25-21(26-10-16)15-6-4-14(5-7-15)18-11-28-22(30-18)17-3-2-8-24-17/h4-7,9-13,17,24H,2-3,8,23H2,1H3,(H,27,29)(H,28,30)/t13-,17-/m0/s1. The van der Waals surface area contributed by atoms with E-state index in [1.54, 1.807) is 18.6 Å². The topological polar surface area (TPSA) is 121 Å². The molecule has 0 saturated carbocycles. The van der Waals surface area contributed by atoms with Gasteiger partial charge in [0.25, 0.3) is 0 Å². The van der Waals surface area contributed by atoms with E-state index < -0.39 is 0 Å². The van der Waals surface area contributed by atoms with Crippen LogP contribution in [0.4, 0.5) is 0 Å². The van der Waals surface area contributed by atoms with Crippen molar-refractivity contribution in [2.45, 2.75) is 31.8 Å². The Morgan fingerprint density at radius 2 is 1.57 bits per heavy atom. The second kappa shape index (κ2) is 7.81. The van der Waals surface area contributed by atoms with E-state index in [1.807, 2.05) is 25.3 Å². The number of hydrogen-bond acceptors (Lipinski definition) is 6. The number of nitrogens with zero attached hydrogens (tertiary/aromatic N) is 4. The monoisotopic (exact) mass is 400 g/mol. The summed E-state index contributed by atoms with van der Waals surface area (Å²) in [5.41, 5.74) is 10.7. The number of H-pyrrole nitrogens is 2. The van der Waals surface area contributed by atoms with Crippen LogP contribution in [-0.2, 0) is 0 Å². The van der Waals surface area contributed by atoms with Gasteiger partial charge in [-0.3, -0.25) is 0 Å². The molecular formula is C22H24N8. The van der Waals surface area contributed by atoms with Crippen molar-refractivity contribution in [2.75, 3.05) is 6.54 Å². The van der Waals surface area contributed by atoms with Crippen LogP contribution in [-0.4, -0.2) is 36.4 Å². The van der Waals surface area contributed by atoms with E-state index in [0.717, 1.165) is 52.7 Å². The van der Waals surface area contributed by atoms with Gasteiger partial charge in [-0.25, -0.2) is 19.9 Å². The molecule has 1 aromatic carbocycles. The first-order valence-corrected chi connectivity index (χ1v) is 10.2. The highest BCUT2D eigenvalue weighted by Gasteiger charge is 2.19. The maximum atomic E-state index is 5.86. The van der Waals surface area contributed by atoms with Gasteiger partial charge in [0.05, 0.1) is 35.9 Å². The lowest BCUT2D eigenvalue weighted by atomic mass is 10.1. The molecule has 0 unspecified atom stereocenters. The zero-order chi connectivity index (χ0) is 20.5. The van der Waals surface area contributed by atoms with E-state index in [1.165, 1.54) is 6.42 Å². The Morgan fingerprint density at radius 1 is 0.867 bits per heavy atom. The van der Waals surface area contributed by atoms with Crippen LogP contribution in [0.1, 0.15) is 43.5 Å². The van der Waals surface area contributed by atoms with Crippen molar-refractivity contribution in [2.24, 2.45) is 5.73 Å². The molecule has 1 fully saturated rings. The first-order valence-electron chi connectivity index (χ1n) is 10.2. The minimum Gasteiger partial charge on any atom is -0.341 e. The van der Waals surface area contributed by atoms with Crippen molar-refractivity contribution in [3.05, 3.63) is 60.7 Å². The highest BCUT2D eigenvalue weighted by Crippen LogP contribution is 2.26. The molecule has 4 heterocycles. The van der Waals surface area contributed by atoms with E-state index in [2.05, 4.69) is 47.4 Å². The average molecular weight is 400 g/mol. The molecule has 30 heavy (non-hydrogen) atoms. The molecule has 0 bridgehead atoms. The minimum atomic E-state index is -0.141. The number of imidazole rings is 2. The van der Waals surface area contributed by atoms with Gasteiger partial charge in [-0.1, -0.05) is 24.3 Å². The van der Waals surface area contributed by atoms with Gasteiger partial charge in [0, 0.05) is 23.5 Å². The third kappa shape index (κ3) is 3.62. The van der Waals surface area contributed by atoms with E-state index in [-0.39, 0.29) is 6.04 Å². The van der Waals surface area contributed by atoms with Gasteiger partial charge in [-0.05, 0) is 31.9 Å². The normalized spacial score (nSPS) is 17.3. The third-order valence-corrected chi connectivity index (χ3v) is 5.43. The van der Waals surface area contributed by atoms with E-state index in [4.69, 9.17) is 5.73 Å². The van der Waals surface area contributed by atoms with Gasteiger partial charge >= 0.3 is 0 Å². The number of hydrogen-bond donors (Lipinski definition) is 4. The third-order valence-electron chi connectivity index (χ3n) is 5.43. The van der Waals surface area contributed by atoms with Crippen LogP contribution < -0.4 is 11.1 Å². The summed E-state index contributed by atoms with van der Waals surface area (Å²) in [7, 11) is 0. The molecule has 2 atom stereocenters. The molecular weight excluding hydrogens is 376 g/mol. The van der Waals surface area contributed by atoms with Crippen molar-refractivity contribution in [1.29, 1.82) is 0 Å². The number of aromatic nitrogens is 6. The summed E-state index contributed by atoms with van der Waals surface area (Å²) >= 11 is 0. The summed E-state index contributed by atoms with van der Waals surface area (Å²) in [6.45, 7) is 2.95. The first kappa shape index (κ1) is 18.7. The molecule has 0 spiro atoms. The lowest BCUT2D eigenvalue weighted by Gasteiger charge is -2.06. The second-order valence-corrected chi connectivity index (χ2v) is 7.67. The molecule has 1 aliphatic rings. The van der Waals surface area contributed by atoms with Crippen LogP contribution in [0.3, 0.4) is 0 Å². The van der Waals surface area contributed by atoms with Gasteiger partial charge in [0.2, 0.25) is 0 Å². The van der Waals surface area contributed by atoms with Gasteiger partial charge in [0.1, 0.15) is 11.6 Å². The summed E-state index contributed by atoms with van der Waals surface area (Å²) in [6, 6.07) is 8.39. The van der Waals surface area contributed by atoms with Crippen LogP contribution >= 0.6 is 0 Å². The van der Waals surface area contributed by atoms with Crippen LogP contribution in [0.15, 0.2) is 49.1 Å². The Balaban J connectivity index is 1.32. The SMILES string of the molecule is C[C@H](N)c1ncc(-c2cnc(-c3ccc(-c4cnc([C@@H]5CCCN5)[nH]4)cc3)nc2)[nH]1. The lowest BCUT2D eigenvalue weighted by Crippen LogP contribution is -2.14. The molecule has 0 amide bonds. The van der Waals surface area contributed by atoms with E-state index in [0.29, 0.717) is 11.9 Å². The Kier molecular flexibility index (Phi) is 4.86. The molecule has 0 aliphatic carbocycles. The van der Waals surface area contributed by atoms with Gasteiger partial charge in [-0.2, -0.15) is 0 Å². The largest absolute Gasteiger partial charge is 0.341 e. The fraction of sp³-hybridized carbons (Fsp3) is 0.273. The summed E-state index contributed by atoms with van der Waals surface area (Å²) in [5.74, 6) is 2.43. The Labute approximate surface area is 174 Å². The van der Waals surface area contributed by atoms with Crippen molar-refractivity contribution >= 4 is 0 Å². The number of nitrogens with two attached hydrogens (primary N) is 1. The molecule has 8 nitrogen and oxygen atoms in total. The smallest absolute Gasteiger partial charge is 0.159 e. The Bertz CT molecular complexity index is 1120. The maximum Gasteiger partial charge on any atom is 0.159 e. The molecule has 1 saturated heterocycles. The van der Waals surface area contributed by atoms with Crippen molar-refractivity contribution in [1.82, 2.24) is 35.2 Å².